The van der Waals surface area contributed by atoms with Crippen LogP contribution in [0.3, 0.4) is 0 Å². The first-order chi connectivity index (χ1) is 6.22. The lowest BCUT2D eigenvalue weighted by Gasteiger charge is -2.05. The van der Waals surface area contributed by atoms with Crippen LogP contribution in [0.2, 0.25) is 0 Å². The van der Waals surface area contributed by atoms with E-state index in [0.29, 0.717) is 5.75 Å². The molecule has 0 radical (unpaired) electrons. The van der Waals surface area contributed by atoms with Crippen molar-refractivity contribution in [2.45, 2.75) is 0 Å². The Hall–Kier alpha value is -1.58. The fraction of sp³-hybridized carbons (Fsp3) is 0.222. The summed E-state index contributed by atoms with van der Waals surface area (Å²) < 4.78 is 22.2. The molecule has 0 aliphatic carbocycles. The summed E-state index contributed by atoms with van der Waals surface area (Å²) in [6, 6.07) is 5.74. The largest absolute Gasteiger partial charge is 0.484 e. The summed E-state index contributed by atoms with van der Waals surface area (Å²) in [5, 5.41) is 7.10. The SMILES string of the molecule is COC(=N)COc1cccc(F)c1. The van der Waals surface area contributed by atoms with E-state index < -0.39 is 0 Å². The van der Waals surface area contributed by atoms with E-state index in [0.717, 1.165) is 0 Å². The van der Waals surface area contributed by atoms with Gasteiger partial charge in [0.2, 0.25) is 5.90 Å². The highest BCUT2D eigenvalue weighted by Crippen LogP contribution is 2.11. The van der Waals surface area contributed by atoms with Crippen molar-refractivity contribution in [3.63, 3.8) is 0 Å². The van der Waals surface area contributed by atoms with E-state index in [1.165, 1.54) is 19.2 Å². The Morgan fingerprint density at radius 2 is 2.31 bits per heavy atom. The molecule has 1 aromatic carbocycles. The topological polar surface area (TPSA) is 42.3 Å². The van der Waals surface area contributed by atoms with Crippen LogP contribution >= 0.6 is 0 Å². The van der Waals surface area contributed by atoms with E-state index in [4.69, 9.17) is 10.1 Å². The number of halogens is 1. The molecule has 0 saturated heterocycles. The zero-order chi connectivity index (χ0) is 9.68. The highest BCUT2D eigenvalue weighted by Gasteiger charge is 1.98. The lowest BCUT2D eigenvalue weighted by molar-refractivity contribution is 0.308. The minimum absolute atomic E-state index is 0.00395. The number of hydrogen-bond donors (Lipinski definition) is 1. The van der Waals surface area contributed by atoms with Crippen molar-refractivity contribution in [3.8, 4) is 5.75 Å². The summed E-state index contributed by atoms with van der Waals surface area (Å²) in [6.07, 6.45) is 0. The lowest BCUT2D eigenvalue weighted by atomic mass is 10.3. The molecule has 0 amide bonds. The minimum atomic E-state index is -0.360. The molecule has 4 heteroatoms. The van der Waals surface area contributed by atoms with Gasteiger partial charge in [-0.25, -0.2) is 4.39 Å². The number of ether oxygens (including phenoxy) is 2. The standard InChI is InChI=1S/C9H10FNO2/c1-12-9(11)6-13-8-4-2-3-7(10)5-8/h2-5,11H,6H2,1H3. The second kappa shape index (κ2) is 4.45. The maximum absolute atomic E-state index is 12.6. The summed E-state index contributed by atoms with van der Waals surface area (Å²) >= 11 is 0. The van der Waals surface area contributed by atoms with Crippen molar-refractivity contribution in [1.82, 2.24) is 0 Å². The van der Waals surface area contributed by atoms with Crippen LogP contribution in [0.15, 0.2) is 24.3 Å². The maximum atomic E-state index is 12.6. The van der Waals surface area contributed by atoms with Crippen LogP contribution in [-0.2, 0) is 4.74 Å². The number of methoxy groups -OCH3 is 1. The quantitative estimate of drug-likeness (QED) is 0.573. The van der Waals surface area contributed by atoms with Crippen LogP contribution in [0, 0.1) is 11.2 Å². The average molecular weight is 183 g/mol. The normalized spacial score (nSPS) is 9.38. The van der Waals surface area contributed by atoms with Crippen molar-refractivity contribution in [2.75, 3.05) is 13.7 Å². The van der Waals surface area contributed by atoms with Crippen LogP contribution in [0.4, 0.5) is 4.39 Å². The Bertz CT molecular complexity index is 301. The number of hydrogen-bond acceptors (Lipinski definition) is 3. The zero-order valence-corrected chi connectivity index (χ0v) is 7.21. The summed E-state index contributed by atoms with van der Waals surface area (Å²) in [5.41, 5.74) is 0. The van der Waals surface area contributed by atoms with Gasteiger partial charge in [0, 0.05) is 6.07 Å². The van der Waals surface area contributed by atoms with Gasteiger partial charge < -0.3 is 9.47 Å². The third-order valence-corrected chi connectivity index (χ3v) is 1.41. The average Bonchev–Trinajstić information content (AvgIpc) is 2.14. The summed E-state index contributed by atoms with van der Waals surface area (Å²) in [7, 11) is 1.39. The number of rotatable bonds is 3. The van der Waals surface area contributed by atoms with Crippen molar-refractivity contribution in [2.24, 2.45) is 0 Å². The molecule has 0 unspecified atom stereocenters. The fourth-order valence-electron chi connectivity index (χ4n) is 0.765. The smallest absolute Gasteiger partial charge is 0.219 e. The molecule has 0 spiro atoms. The van der Waals surface area contributed by atoms with Crippen molar-refractivity contribution in [1.29, 1.82) is 5.41 Å². The molecule has 13 heavy (non-hydrogen) atoms. The molecule has 0 fully saturated rings. The molecular weight excluding hydrogens is 173 g/mol. The molecule has 0 aromatic heterocycles. The van der Waals surface area contributed by atoms with E-state index in [9.17, 15) is 4.39 Å². The first-order valence-electron chi connectivity index (χ1n) is 3.72. The first kappa shape index (κ1) is 9.51. The molecule has 0 aliphatic heterocycles. The highest BCUT2D eigenvalue weighted by atomic mass is 19.1. The van der Waals surface area contributed by atoms with Gasteiger partial charge in [0.25, 0.3) is 0 Å². The summed E-state index contributed by atoms with van der Waals surface area (Å²) in [6.45, 7) is 0.0138. The van der Waals surface area contributed by atoms with Crippen LogP contribution in [0.25, 0.3) is 0 Å². The van der Waals surface area contributed by atoms with Gasteiger partial charge in [-0.1, -0.05) is 6.07 Å². The molecule has 70 valence electrons. The van der Waals surface area contributed by atoms with Crippen LogP contribution < -0.4 is 4.74 Å². The molecule has 0 bridgehead atoms. The van der Waals surface area contributed by atoms with E-state index >= 15 is 0 Å². The molecular formula is C9H10FNO2. The van der Waals surface area contributed by atoms with Crippen LogP contribution in [0.1, 0.15) is 0 Å². The second-order valence-corrected chi connectivity index (χ2v) is 2.37. The lowest BCUT2D eigenvalue weighted by Crippen LogP contribution is -2.11. The van der Waals surface area contributed by atoms with E-state index in [1.54, 1.807) is 12.1 Å². The van der Waals surface area contributed by atoms with E-state index in [1.807, 2.05) is 0 Å². The van der Waals surface area contributed by atoms with Gasteiger partial charge in [0.15, 0.2) is 6.61 Å². The minimum Gasteiger partial charge on any atom is -0.484 e. The molecule has 0 saturated carbocycles. The van der Waals surface area contributed by atoms with Gasteiger partial charge in [-0.15, -0.1) is 0 Å². The molecule has 0 atom stereocenters. The van der Waals surface area contributed by atoms with Gasteiger partial charge in [-0.3, -0.25) is 5.41 Å². The summed E-state index contributed by atoms with van der Waals surface area (Å²) in [5.74, 6) is 0.0347. The third-order valence-electron chi connectivity index (χ3n) is 1.41. The van der Waals surface area contributed by atoms with Gasteiger partial charge in [-0.05, 0) is 12.1 Å². The molecule has 3 nitrogen and oxygen atoms in total. The van der Waals surface area contributed by atoms with Crippen LogP contribution in [0.5, 0.6) is 5.75 Å². The Morgan fingerprint density at radius 3 is 2.92 bits per heavy atom. The van der Waals surface area contributed by atoms with Crippen molar-refractivity contribution in [3.05, 3.63) is 30.1 Å². The maximum Gasteiger partial charge on any atom is 0.219 e. The number of nitrogens with one attached hydrogen (secondary N) is 1. The van der Waals surface area contributed by atoms with E-state index in [-0.39, 0.29) is 18.3 Å². The molecule has 1 rings (SSSR count). The number of benzene rings is 1. The predicted octanol–water partition coefficient (Wildman–Crippen LogP) is 1.83. The molecule has 1 aromatic rings. The monoisotopic (exact) mass is 183 g/mol. The summed E-state index contributed by atoms with van der Waals surface area (Å²) in [4.78, 5) is 0. The van der Waals surface area contributed by atoms with Gasteiger partial charge in [-0.2, -0.15) is 0 Å². The fourth-order valence-corrected chi connectivity index (χ4v) is 0.765. The molecule has 1 N–H and O–H groups in total. The first-order valence-corrected chi connectivity index (χ1v) is 3.72. The van der Waals surface area contributed by atoms with E-state index in [2.05, 4.69) is 4.74 Å². The Morgan fingerprint density at radius 1 is 1.54 bits per heavy atom. The Kier molecular flexibility index (Phi) is 3.25. The van der Waals surface area contributed by atoms with Crippen molar-refractivity contribution >= 4 is 5.90 Å². The Balaban J connectivity index is 2.50. The predicted molar refractivity (Wildman–Crippen MR) is 46.6 cm³/mol. The van der Waals surface area contributed by atoms with Gasteiger partial charge >= 0.3 is 0 Å². The second-order valence-electron chi connectivity index (χ2n) is 2.37. The third kappa shape index (κ3) is 3.11. The van der Waals surface area contributed by atoms with Crippen LogP contribution in [-0.4, -0.2) is 19.6 Å². The zero-order valence-electron chi connectivity index (χ0n) is 7.21. The molecule has 0 heterocycles. The molecule has 0 aliphatic rings. The van der Waals surface area contributed by atoms with Gasteiger partial charge in [0.05, 0.1) is 7.11 Å². The van der Waals surface area contributed by atoms with Gasteiger partial charge in [0.1, 0.15) is 11.6 Å². The Labute approximate surface area is 75.6 Å². The highest BCUT2D eigenvalue weighted by molar-refractivity contribution is 5.73. The van der Waals surface area contributed by atoms with Crippen molar-refractivity contribution < 1.29 is 13.9 Å².